The highest BCUT2D eigenvalue weighted by molar-refractivity contribution is 7.99. The van der Waals surface area contributed by atoms with E-state index in [0.717, 1.165) is 23.9 Å². The van der Waals surface area contributed by atoms with E-state index in [0.29, 0.717) is 20.9 Å². The lowest BCUT2D eigenvalue weighted by Crippen LogP contribution is -2.18. The molecule has 0 unspecified atom stereocenters. The summed E-state index contributed by atoms with van der Waals surface area (Å²) in [6, 6.07) is 8.98. The molecule has 0 saturated carbocycles. The molecule has 0 atom stereocenters. The van der Waals surface area contributed by atoms with Gasteiger partial charge in [0.15, 0.2) is 5.16 Å². The standard InChI is InChI=1S/C20H16Cl2F3N5O2S/c1-30-16(9-17(31)26-14-4-2-3-11(5-14)20(23,24)25)28-29-19(30)33-10-18(32)27-15-7-12(21)6-13(22)8-15/h2-8H,9-10H2,1H3,(H,26,31)(H,27,32). The number of halogens is 5. The van der Waals surface area contributed by atoms with Gasteiger partial charge in [-0.1, -0.05) is 41.0 Å². The summed E-state index contributed by atoms with van der Waals surface area (Å²) in [7, 11) is 1.61. The largest absolute Gasteiger partial charge is 0.416 e. The Morgan fingerprint density at radius 1 is 1.00 bits per heavy atom. The number of rotatable bonds is 7. The molecule has 0 aliphatic heterocycles. The first-order chi connectivity index (χ1) is 15.5. The van der Waals surface area contributed by atoms with Gasteiger partial charge in [0.2, 0.25) is 11.8 Å². The molecule has 0 aliphatic carbocycles. The summed E-state index contributed by atoms with van der Waals surface area (Å²) in [6.45, 7) is 0. The van der Waals surface area contributed by atoms with Gasteiger partial charge in [-0.15, -0.1) is 10.2 Å². The zero-order chi connectivity index (χ0) is 24.2. The molecule has 1 heterocycles. The molecule has 0 bridgehead atoms. The van der Waals surface area contributed by atoms with E-state index in [9.17, 15) is 22.8 Å². The first-order valence-electron chi connectivity index (χ1n) is 9.25. The fourth-order valence-corrected chi connectivity index (χ4v) is 3.96. The number of benzene rings is 2. The van der Waals surface area contributed by atoms with E-state index in [-0.39, 0.29) is 29.6 Å². The predicted molar refractivity (Wildman–Crippen MR) is 121 cm³/mol. The molecule has 33 heavy (non-hydrogen) atoms. The lowest BCUT2D eigenvalue weighted by Gasteiger charge is -2.10. The van der Waals surface area contributed by atoms with Gasteiger partial charge in [-0.05, 0) is 36.4 Å². The second kappa shape index (κ2) is 10.4. The predicted octanol–water partition coefficient (Wildman–Crippen LogP) is 5.05. The van der Waals surface area contributed by atoms with Gasteiger partial charge in [0.05, 0.1) is 17.7 Å². The molecule has 0 radical (unpaired) electrons. The zero-order valence-corrected chi connectivity index (χ0v) is 19.2. The van der Waals surface area contributed by atoms with Crippen LogP contribution in [0, 0.1) is 0 Å². The van der Waals surface area contributed by atoms with Crippen LogP contribution in [0.5, 0.6) is 0 Å². The number of hydrogen-bond donors (Lipinski definition) is 2. The molecule has 7 nitrogen and oxygen atoms in total. The average Bonchev–Trinajstić information content (AvgIpc) is 3.04. The van der Waals surface area contributed by atoms with Gasteiger partial charge >= 0.3 is 6.18 Å². The normalized spacial score (nSPS) is 11.3. The van der Waals surface area contributed by atoms with Crippen LogP contribution < -0.4 is 10.6 Å². The van der Waals surface area contributed by atoms with Gasteiger partial charge in [0.1, 0.15) is 5.82 Å². The zero-order valence-electron chi connectivity index (χ0n) is 16.9. The third kappa shape index (κ3) is 7.11. The van der Waals surface area contributed by atoms with Gasteiger partial charge in [-0.2, -0.15) is 13.2 Å². The molecule has 3 aromatic rings. The van der Waals surface area contributed by atoms with Gasteiger partial charge in [-0.3, -0.25) is 9.59 Å². The monoisotopic (exact) mass is 517 g/mol. The summed E-state index contributed by atoms with van der Waals surface area (Å²) < 4.78 is 40.0. The van der Waals surface area contributed by atoms with Crippen molar-refractivity contribution in [1.82, 2.24) is 14.8 Å². The number of carbonyl (C=O) groups excluding carboxylic acids is 2. The first kappa shape index (κ1) is 24.9. The maximum atomic E-state index is 12.8. The van der Waals surface area contributed by atoms with Crippen molar-refractivity contribution in [3.8, 4) is 0 Å². The number of thioether (sulfide) groups is 1. The van der Waals surface area contributed by atoms with E-state index in [1.54, 1.807) is 19.2 Å². The maximum Gasteiger partial charge on any atom is 0.416 e. The number of aromatic nitrogens is 3. The van der Waals surface area contributed by atoms with Crippen LogP contribution in [0.4, 0.5) is 24.5 Å². The lowest BCUT2D eigenvalue weighted by molar-refractivity contribution is -0.137. The summed E-state index contributed by atoms with van der Waals surface area (Å²) in [5.41, 5.74) is -0.400. The van der Waals surface area contributed by atoms with Gasteiger partial charge in [0, 0.05) is 28.5 Å². The minimum absolute atomic E-state index is 0.00648. The molecule has 2 N–H and O–H groups in total. The van der Waals surface area contributed by atoms with Crippen LogP contribution >= 0.6 is 35.0 Å². The number of amides is 2. The fourth-order valence-electron chi connectivity index (χ4n) is 2.70. The van der Waals surface area contributed by atoms with Crippen LogP contribution in [0.25, 0.3) is 0 Å². The van der Waals surface area contributed by atoms with E-state index in [1.165, 1.54) is 22.8 Å². The molecular weight excluding hydrogens is 502 g/mol. The van der Waals surface area contributed by atoms with Crippen LogP contribution in [0.15, 0.2) is 47.6 Å². The summed E-state index contributed by atoms with van der Waals surface area (Å²) in [5.74, 6) is -0.599. The number of hydrogen-bond acceptors (Lipinski definition) is 5. The number of anilines is 2. The molecule has 1 aromatic heterocycles. The highest BCUT2D eigenvalue weighted by Gasteiger charge is 2.30. The number of nitrogens with one attached hydrogen (secondary N) is 2. The minimum Gasteiger partial charge on any atom is -0.326 e. The third-order valence-electron chi connectivity index (χ3n) is 4.20. The summed E-state index contributed by atoms with van der Waals surface area (Å²) in [6.07, 6.45) is -4.73. The molecule has 2 amide bonds. The van der Waals surface area contributed by atoms with E-state index in [1.807, 2.05) is 0 Å². The topological polar surface area (TPSA) is 88.9 Å². The van der Waals surface area contributed by atoms with E-state index in [4.69, 9.17) is 23.2 Å². The molecule has 3 rings (SSSR count). The van der Waals surface area contributed by atoms with Crippen LogP contribution in [0.3, 0.4) is 0 Å². The maximum absolute atomic E-state index is 12.8. The molecule has 0 aliphatic rings. The van der Waals surface area contributed by atoms with Crippen LogP contribution in [-0.2, 0) is 29.2 Å². The first-order valence-corrected chi connectivity index (χ1v) is 11.0. The summed E-state index contributed by atoms with van der Waals surface area (Å²) in [5, 5.41) is 14.1. The molecule has 0 fully saturated rings. The number of carbonyl (C=O) groups is 2. The van der Waals surface area contributed by atoms with Gasteiger partial charge < -0.3 is 15.2 Å². The Balaban J connectivity index is 1.56. The number of alkyl halides is 3. The minimum atomic E-state index is -4.51. The van der Waals surface area contributed by atoms with Gasteiger partial charge in [0.25, 0.3) is 0 Å². The van der Waals surface area contributed by atoms with Crippen molar-refractivity contribution in [3.63, 3.8) is 0 Å². The fraction of sp³-hybridized carbons (Fsp3) is 0.200. The Bertz CT molecular complexity index is 1170. The van der Waals surface area contributed by atoms with Crippen molar-refractivity contribution >= 4 is 58.2 Å². The summed E-state index contributed by atoms with van der Waals surface area (Å²) >= 11 is 12.9. The molecule has 0 saturated heterocycles. The second-order valence-corrected chi connectivity index (χ2v) is 8.57. The SMILES string of the molecule is Cn1c(CC(=O)Nc2cccc(C(F)(F)F)c2)nnc1SCC(=O)Nc1cc(Cl)cc(Cl)c1. The quantitative estimate of drug-likeness (QED) is 0.428. The van der Waals surface area contributed by atoms with E-state index in [2.05, 4.69) is 20.8 Å². The van der Waals surface area contributed by atoms with Crippen molar-refractivity contribution in [2.24, 2.45) is 7.05 Å². The Morgan fingerprint density at radius 3 is 2.33 bits per heavy atom. The van der Waals surface area contributed by atoms with Crippen molar-refractivity contribution in [2.45, 2.75) is 17.8 Å². The van der Waals surface area contributed by atoms with E-state index < -0.39 is 17.6 Å². The molecule has 174 valence electrons. The van der Waals surface area contributed by atoms with Crippen LogP contribution in [0.2, 0.25) is 10.0 Å². The van der Waals surface area contributed by atoms with Crippen molar-refractivity contribution in [2.75, 3.05) is 16.4 Å². The highest BCUT2D eigenvalue weighted by atomic mass is 35.5. The second-order valence-electron chi connectivity index (χ2n) is 6.76. The molecule has 2 aromatic carbocycles. The highest BCUT2D eigenvalue weighted by Crippen LogP contribution is 2.30. The molecule has 13 heteroatoms. The Morgan fingerprint density at radius 2 is 1.67 bits per heavy atom. The Labute approximate surface area is 200 Å². The molecular formula is C20H16Cl2F3N5O2S. The third-order valence-corrected chi connectivity index (χ3v) is 5.65. The van der Waals surface area contributed by atoms with Crippen molar-refractivity contribution in [3.05, 3.63) is 63.9 Å². The smallest absolute Gasteiger partial charge is 0.326 e. The van der Waals surface area contributed by atoms with E-state index >= 15 is 0 Å². The van der Waals surface area contributed by atoms with Gasteiger partial charge in [-0.25, -0.2) is 0 Å². The van der Waals surface area contributed by atoms with Crippen LogP contribution in [-0.4, -0.2) is 32.3 Å². The Hall–Kier alpha value is -2.76. The lowest BCUT2D eigenvalue weighted by atomic mass is 10.2. The Kier molecular flexibility index (Phi) is 7.88. The summed E-state index contributed by atoms with van der Waals surface area (Å²) in [4.78, 5) is 24.4. The van der Waals surface area contributed by atoms with Crippen molar-refractivity contribution in [1.29, 1.82) is 0 Å². The van der Waals surface area contributed by atoms with Crippen molar-refractivity contribution < 1.29 is 22.8 Å². The number of nitrogens with zero attached hydrogens (tertiary/aromatic N) is 3. The molecule has 0 spiro atoms. The average molecular weight is 518 g/mol. The van der Waals surface area contributed by atoms with Crippen LogP contribution in [0.1, 0.15) is 11.4 Å².